The van der Waals surface area contributed by atoms with Crippen LogP contribution in [0.1, 0.15) is 89.9 Å². The largest absolute Gasteiger partial charge is 0.380 e. The van der Waals surface area contributed by atoms with Crippen LogP contribution in [0.25, 0.3) is 0 Å². The van der Waals surface area contributed by atoms with E-state index in [1.54, 1.807) is 0 Å². The standard InChI is InChI=1S/C23H45N5O2/c24-15-5-1-3-7-17-26-22(29)14-10-13-21(20-11-9-12-20)28-19-23(30)27-18-8-4-2-6-16-25/h28H,1-19,24-25H2,(H,26,29)(H,27,30). The fourth-order valence-electron chi connectivity index (χ4n) is 3.51. The molecule has 7 nitrogen and oxygen atoms in total. The van der Waals surface area contributed by atoms with Gasteiger partial charge in [-0.15, -0.1) is 0 Å². The number of carbonyl (C=O) groups excluding carboxylic acids is 2. The van der Waals surface area contributed by atoms with Crippen LogP contribution in [0.3, 0.4) is 0 Å². The van der Waals surface area contributed by atoms with Crippen LogP contribution in [-0.2, 0) is 9.59 Å². The second-order valence-electron chi connectivity index (χ2n) is 8.25. The summed E-state index contributed by atoms with van der Waals surface area (Å²) in [5.74, 6) is 0.165. The molecule has 174 valence electrons. The van der Waals surface area contributed by atoms with Crippen LogP contribution >= 0.6 is 0 Å². The molecule has 7 N–H and O–H groups in total. The Morgan fingerprint density at radius 3 is 1.77 bits per heavy atom. The van der Waals surface area contributed by atoms with Gasteiger partial charge in [0.1, 0.15) is 0 Å². The van der Waals surface area contributed by atoms with Crippen molar-refractivity contribution in [3.63, 3.8) is 0 Å². The molecule has 1 aliphatic rings. The van der Waals surface area contributed by atoms with E-state index in [0.29, 0.717) is 13.0 Å². The third-order valence-corrected chi connectivity index (χ3v) is 5.58. The highest BCUT2D eigenvalue weighted by Crippen LogP contribution is 2.29. The minimum atomic E-state index is 0.0404. The predicted molar refractivity (Wildman–Crippen MR) is 124 cm³/mol. The Labute approximate surface area is 183 Å². The van der Waals surface area contributed by atoms with Crippen molar-refractivity contribution in [2.75, 3.05) is 32.7 Å². The average Bonchev–Trinajstić information content (AvgIpc) is 2.69. The lowest BCUT2D eigenvalue weighted by Crippen LogP contribution is -2.35. The van der Waals surface area contributed by atoms with Gasteiger partial charge in [-0.2, -0.15) is 0 Å². The van der Waals surface area contributed by atoms with E-state index in [1.807, 2.05) is 0 Å². The summed E-state index contributed by atoms with van der Waals surface area (Å²) in [5.41, 5.74) is 13.6. The zero-order valence-electron chi connectivity index (χ0n) is 18.9. The van der Waals surface area contributed by atoms with E-state index >= 15 is 0 Å². The second kappa shape index (κ2) is 18.2. The Kier molecular flexibility index (Phi) is 16.0. The fourth-order valence-corrected chi connectivity index (χ4v) is 3.51. The summed E-state index contributed by atoms with van der Waals surface area (Å²) >= 11 is 0. The van der Waals surface area contributed by atoms with Gasteiger partial charge in [0.2, 0.25) is 11.8 Å². The van der Waals surface area contributed by atoms with Gasteiger partial charge in [-0.25, -0.2) is 0 Å². The highest BCUT2D eigenvalue weighted by molar-refractivity contribution is 5.78. The Bertz CT molecular complexity index is 502. The van der Waals surface area contributed by atoms with Gasteiger partial charge in [-0.3, -0.25) is 9.59 Å². The number of carbonyl (C=O) groups is 2. The fraction of sp³-hybridized carbons (Fsp3) is 0.826. The van der Waals surface area contributed by atoms with Crippen molar-refractivity contribution in [1.82, 2.24) is 16.0 Å². The summed E-state index contributed by atoms with van der Waals surface area (Å²) in [6, 6.07) is 0. The smallest absolute Gasteiger partial charge is 0.239 e. The molecule has 30 heavy (non-hydrogen) atoms. The van der Waals surface area contributed by atoms with E-state index in [-0.39, 0.29) is 11.8 Å². The highest BCUT2D eigenvalue weighted by atomic mass is 16.2. The van der Waals surface area contributed by atoms with Crippen LogP contribution in [-0.4, -0.2) is 44.5 Å². The lowest BCUT2D eigenvalue weighted by molar-refractivity contribution is -0.121. The van der Waals surface area contributed by atoms with E-state index in [0.717, 1.165) is 103 Å². The lowest BCUT2D eigenvalue weighted by atomic mass is 9.89. The predicted octanol–water partition coefficient (Wildman–Crippen LogP) is 2.45. The molecule has 0 atom stereocenters. The summed E-state index contributed by atoms with van der Waals surface area (Å²) in [5, 5.41) is 9.32. The third-order valence-electron chi connectivity index (χ3n) is 5.58. The second-order valence-corrected chi connectivity index (χ2v) is 8.25. The molecule has 0 unspecified atom stereocenters. The van der Waals surface area contributed by atoms with E-state index in [1.165, 1.54) is 17.7 Å². The minimum Gasteiger partial charge on any atom is -0.380 e. The summed E-state index contributed by atoms with van der Waals surface area (Å²) in [6.45, 7) is 3.28. The van der Waals surface area contributed by atoms with Crippen LogP contribution in [0.5, 0.6) is 0 Å². The topological polar surface area (TPSA) is 122 Å². The van der Waals surface area contributed by atoms with Gasteiger partial charge < -0.3 is 27.4 Å². The van der Waals surface area contributed by atoms with E-state index in [9.17, 15) is 9.59 Å². The number of nitrogens with one attached hydrogen (secondary N) is 3. The van der Waals surface area contributed by atoms with Crippen molar-refractivity contribution in [2.45, 2.75) is 89.9 Å². The number of nitrogens with two attached hydrogens (primary N) is 2. The van der Waals surface area contributed by atoms with Gasteiger partial charge in [0.25, 0.3) is 0 Å². The zero-order chi connectivity index (χ0) is 21.9. The molecular formula is C23H45N5O2. The van der Waals surface area contributed by atoms with Crippen LogP contribution in [0, 0.1) is 0 Å². The van der Waals surface area contributed by atoms with Gasteiger partial charge in [-0.1, -0.05) is 31.3 Å². The molecule has 0 aliphatic heterocycles. The zero-order valence-corrected chi connectivity index (χ0v) is 18.9. The Hall–Kier alpha value is -1.60. The highest BCUT2D eigenvalue weighted by Gasteiger charge is 2.15. The molecule has 0 saturated heterocycles. The first-order valence-electron chi connectivity index (χ1n) is 12.1. The summed E-state index contributed by atoms with van der Waals surface area (Å²) in [7, 11) is 0. The first-order valence-corrected chi connectivity index (χ1v) is 12.1. The molecule has 1 aliphatic carbocycles. The Balaban J connectivity index is 2.15. The van der Waals surface area contributed by atoms with Crippen molar-refractivity contribution in [3.05, 3.63) is 11.3 Å². The first-order chi connectivity index (χ1) is 14.7. The van der Waals surface area contributed by atoms with Crippen LogP contribution in [0.2, 0.25) is 0 Å². The van der Waals surface area contributed by atoms with Gasteiger partial charge in [0.05, 0.1) is 6.54 Å². The minimum absolute atomic E-state index is 0.0404. The summed E-state index contributed by atoms with van der Waals surface area (Å²) in [4.78, 5) is 24.1. The maximum absolute atomic E-state index is 12.1. The monoisotopic (exact) mass is 423 g/mol. The van der Waals surface area contributed by atoms with Crippen molar-refractivity contribution < 1.29 is 9.59 Å². The number of hydrogen-bond donors (Lipinski definition) is 5. The quantitative estimate of drug-likeness (QED) is 0.204. The van der Waals surface area contributed by atoms with E-state index in [2.05, 4.69) is 16.0 Å². The van der Waals surface area contributed by atoms with Gasteiger partial charge in [0, 0.05) is 25.2 Å². The lowest BCUT2D eigenvalue weighted by Gasteiger charge is -2.23. The molecule has 7 heteroatoms. The van der Waals surface area contributed by atoms with Crippen molar-refractivity contribution in [2.24, 2.45) is 11.5 Å². The molecule has 0 aromatic rings. The van der Waals surface area contributed by atoms with Gasteiger partial charge in [0.15, 0.2) is 0 Å². The molecule has 0 bridgehead atoms. The molecule has 0 heterocycles. The first kappa shape index (κ1) is 26.4. The van der Waals surface area contributed by atoms with Crippen molar-refractivity contribution in [3.8, 4) is 0 Å². The average molecular weight is 424 g/mol. The molecule has 2 amide bonds. The molecular weight excluding hydrogens is 378 g/mol. The van der Waals surface area contributed by atoms with E-state index in [4.69, 9.17) is 11.5 Å². The SMILES string of the molecule is NCCCCCCNC(=O)CCCC(NCC(=O)NCCCCCCN)=C1CCC1. The van der Waals surface area contributed by atoms with E-state index < -0.39 is 0 Å². The van der Waals surface area contributed by atoms with Crippen LogP contribution < -0.4 is 27.4 Å². The van der Waals surface area contributed by atoms with Gasteiger partial charge in [-0.05, 0) is 70.9 Å². The molecule has 0 spiro atoms. The van der Waals surface area contributed by atoms with Crippen LogP contribution in [0.4, 0.5) is 0 Å². The number of unbranched alkanes of at least 4 members (excludes halogenated alkanes) is 6. The normalized spacial score (nSPS) is 12.9. The molecule has 0 aromatic heterocycles. The molecule has 1 saturated carbocycles. The Morgan fingerprint density at radius 2 is 1.23 bits per heavy atom. The Morgan fingerprint density at radius 1 is 0.667 bits per heavy atom. The van der Waals surface area contributed by atoms with Crippen LogP contribution in [0.15, 0.2) is 11.3 Å². The summed E-state index contributed by atoms with van der Waals surface area (Å²) in [6.07, 6.45) is 14.3. The van der Waals surface area contributed by atoms with Gasteiger partial charge >= 0.3 is 0 Å². The molecule has 0 aromatic carbocycles. The number of allylic oxidation sites excluding steroid dienone is 2. The maximum atomic E-state index is 12.1. The number of rotatable bonds is 19. The third kappa shape index (κ3) is 13.6. The van der Waals surface area contributed by atoms with Crippen molar-refractivity contribution >= 4 is 11.8 Å². The number of amides is 2. The summed E-state index contributed by atoms with van der Waals surface area (Å²) < 4.78 is 0. The van der Waals surface area contributed by atoms with Crippen molar-refractivity contribution in [1.29, 1.82) is 0 Å². The maximum Gasteiger partial charge on any atom is 0.239 e. The number of hydrogen-bond acceptors (Lipinski definition) is 5. The molecule has 0 radical (unpaired) electrons. The molecule has 1 rings (SSSR count). The molecule has 1 fully saturated rings.